The largest absolute Gasteiger partial charge is 0.507 e. The fraction of sp³-hybridized carbons (Fsp3) is 0.111. The molecule has 0 bridgehead atoms. The smallest absolute Gasteiger partial charge is 0.266 e. The van der Waals surface area contributed by atoms with E-state index in [9.17, 15) is 9.90 Å². The van der Waals surface area contributed by atoms with Gasteiger partial charge in [-0.3, -0.25) is 9.69 Å². The van der Waals surface area contributed by atoms with Crippen molar-refractivity contribution in [3.05, 3.63) is 63.0 Å². The van der Waals surface area contributed by atoms with Crippen molar-refractivity contribution in [2.45, 2.75) is 6.92 Å². The number of halogens is 1. The van der Waals surface area contributed by atoms with Gasteiger partial charge in [-0.05, 0) is 70.0 Å². The zero-order chi connectivity index (χ0) is 17.3. The Labute approximate surface area is 153 Å². The van der Waals surface area contributed by atoms with E-state index in [1.165, 1.54) is 11.8 Å². The van der Waals surface area contributed by atoms with Gasteiger partial charge in [-0.25, -0.2) is 4.99 Å². The summed E-state index contributed by atoms with van der Waals surface area (Å²) in [6.45, 7) is 1.99. The van der Waals surface area contributed by atoms with E-state index in [1.54, 1.807) is 36.2 Å². The number of benzene rings is 2. The first-order valence-corrected chi connectivity index (χ1v) is 8.87. The number of thioether (sulfide) groups is 1. The Morgan fingerprint density at radius 3 is 2.71 bits per heavy atom. The lowest BCUT2D eigenvalue weighted by molar-refractivity contribution is -0.121. The summed E-state index contributed by atoms with van der Waals surface area (Å²) in [5.74, 6) is 0.0815. The van der Waals surface area contributed by atoms with Crippen LogP contribution in [-0.2, 0) is 4.79 Å². The first-order valence-electron chi connectivity index (χ1n) is 7.26. The molecule has 2 aromatic carbocycles. The highest BCUT2D eigenvalue weighted by Gasteiger charge is 2.30. The third-order valence-electron chi connectivity index (χ3n) is 3.60. The Morgan fingerprint density at radius 1 is 1.25 bits per heavy atom. The van der Waals surface area contributed by atoms with Crippen LogP contribution in [0.25, 0.3) is 6.08 Å². The summed E-state index contributed by atoms with van der Waals surface area (Å²) < 4.78 is 0.592. The van der Waals surface area contributed by atoms with Gasteiger partial charge in [0, 0.05) is 7.05 Å². The Morgan fingerprint density at radius 2 is 2.00 bits per heavy atom. The number of aliphatic imine (C=N–C) groups is 1. The highest BCUT2D eigenvalue weighted by molar-refractivity contribution is 9.10. The molecular weight excluding hydrogens is 388 g/mol. The molecule has 24 heavy (non-hydrogen) atoms. The monoisotopic (exact) mass is 402 g/mol. The fourth-order valence-corrected chi connectivity index (χ4v) is 3.58. The van der Waals surface area contributed by atoms with E-state index in [0.29, 0.717) is 14.5 Å². The molecule has 0 atom stereocenters. The Kier molecular flexibility index (Phi) is 4.78. The number of likely N-dealkylation sites (N-methyl/N-ethyl adjacent to an activating group) is 1. The molecule has 122 valence electrons. The number of phenols is 1. The summed E-state index contributed by atoms with van der Waals surface area (Å²) in [7, 11) is 1.72. The number of aryl methyl sites for hydroxylation is 1. The molecule has 2 aromatic rings. The Hall–Kier alpha value is -2.05. The number of rotatable bonds is 2. The molecule has 1 fully saturated rings. The lowest BCUT2D eigenvalue weighted by atomic mass is 10.2. The number of amides is 1. The molecule has 1 saturated heterocycles. The van der Waals surface area contributed by atoms with Crippen molar-refractivity contribution in [1.82, 2.24) is 4.90 Å². The molecule has 0 radical (unpaired) electrons. The molecule has 1 amide bonds. The van der Waals surface area contributed by atoms with Gasteiger partial charge in [-0.2, -0.15) is 0 Å². The van der Waals surface area contributed by atoms with Crippen LogP contribution in [0.1, 0.15) is 11.1 Å². The molecule has 0 aliphatic carbocycles. The molecule has 1 heterocycles. The van der Waals surface area contributed by atoms with Crippen molar-refractivity contribution in [3.8, 4) is 5.75 Å². The quantitative estimate of drug-likeness (QED) is 0.740. The third-order valence-corrected chi connectivity index (χ3v) is 5.30. The van der Waals surface area contributed by atoms with Crippen molar-refractivity contribution in [2.75, 3.05) is 7.05 Å². The second-order valence-corrected chi connectivity index (χ2v) is 7.23. The molecule has 4 nitrogen and oxygen atoms in total. The first kappa shape index (κ1) is 16.8. The second kappa shape index (κ2) is 6.83. The fourth-order valence-electron chi connectivity index (χ4n) is 2.21. The third kappa shape index (κ3) is 3.39. The molecule has 1 aliphatic heterocycles. The summed E-state index contributed by atoms with van der Waals surface area (Å²) in [6.07, 6.45) is 1.80. The molecule has 3 rings (SSSR count). The zero-order valence-electron chi connectivity index (χ0n) is 13.2. The van der Waals surface area contributed by atoms with Gasteiger partial charge in [-0.1, -0.05) is 24.3 Å². The molecule has 1 N–H and O–H groups in total. The van der Waals surface area contributed by atoms with Crippen LogP contribution in [-0.4, -0.2) is 28.1 Å². The number of amidine groups is 1. The summed E-state index contributed by atoms with van der Waals surface area (Å²) in [4.78, 5) is 19.2. The lowest BCUT2D eigenvalue weighted by Crippen LogP contribution is -2.23. The number of para-hydroxylation sites is 1. The summed E-state index contributed by atoms with van der Waals surface area (Å²) >= 11 is 4.63. The molecule has 0 unspecified atom stereocenters. The Balaban J connectivity index is 1.93. The lowest BCUT2D eigenvalue weighted by Gasteiger charge is -2.08. The van der Waals surface area contributed by atoms with Gasteiger partial charge in [0.2, 0.25) is 0 Å². The number of carbonyl (C=O) groups is 1. The van der Waals surface area contributed by atoms with Gasteiger partial charge in [0.15, 0.2) is 5.17 Å². The highest BCUT2D eigenvalue weighted by Crippen LogP contribution is 2.34. The van der Waals surface area contributed by atoms with E-state index in [-0.39, 0.29) is 11.7 Å². The van der Waals surface area contributed by atoms with Crippen LogP contribution in [0.4, 0.5) is 5.69 Å². The van der Waals surface area contributed by atoms with Crippen molar-refractivity contribution >= 4 is 50.5 Å². The van der Waals surface area contributed by atoms with Crippen LogP contribution in [0, 0.1) is 6.92 Å². The average molecular weight is 403 g/mol. The number of phenolic OH excluding ortho intramolecular Hbond substituents is 1. The minimum Gasteiger partial charge on any atom is -0.507 e. The van der Waals surface area contributed by atoms with Crippen LogP contribution in [0.15, 0.2) is 56.8 Å². The van der Waals surface area contributed by atoms with Gasteiger partial charge in [0.05, 0.1) is 15.1 Å². The first-order chi connectivity index (χ1) is 11.5. The highest BCUT2D eigenvalue weighted by atomic mass is 79.9. The predicted octanol–water partition coefficient (Wildman–Crippen LogP) is 4.70. The number of hydrogen-bond donors (Lipinski definition) is 1. The number of aromatic hydroxyl groups is 1. The second-order valence-electron chi connectivity index (χ2n) is 5.37. The van der Waals surface area contributed by atoms with E-state index in [4.69, 9.17) is 0 Å². The number of nitrogens with zero attached hydrogens (tertiary/aromatic N) is 2. The minimum absolute atomic E-state index is 0.0865. The van der Waals surface area contributed by atoms with E-state index >= 15 is 0 Å². The van der Waals surface area contributed by atoms with Crippen molar-refractivity contribution < 1.29 is 9.90 Å². The zero-order valence-corrected chi connectivity index (χ0v) is 15.6. The van der Waals surface area contributed by atoms with E-state index < -0.39 is 0 Å². The van der Waals surface area contributed by atoms with E-state index in [2.05, 4.69) is 20.9 Å². The van der Waals surface area contributed by atoms with Crippen LogP contribution in [0.2, 0.25) is 0 Å². The van der Waals surface area contributed by atoms with Crippen LogP contribution < -0.4 is 0 Å². The normalized spacial score (nSPS) is 18.0. The van der Waals surface area contributed by atoms with Crippen LogP contribution in [0.5, 0.6) is 5.75 Å². The van der Waals surface area contributed by atoms with Crippen molar-refractivity contribution in [2.24, 2.45) is 4.99 Å². The van der Waals surface area contributed by atoms with Crippen LogP contribution in [0.3, 0.4) is 0 Å². The van der Waals surface area contributed by atoms with Gasteiger partial charge >= 0.3 is 0 Å². The van der Waals surface area contributed by atoms with Gasteiger partial charge in [0.1, 0.15) is 5.75 Å². The standard InChI is InChI=1S/C18H15BrN2O2S/c1-11-5-3-4-6-14(11)20-18-21(2)17(23)16(24-18)10-12-7-8-15(22)13(19)9-12/h3-10,22H,1-2H3/b16-10+,20-18?. The minimum atomic E-state index is -0.0865. The van der Waals surface area contributed by atoms with E-state index in [0.717, 1.165) is 16.8 Å². The molecule has 0 aromatic heterocycles. The SMILES string of the molecule is Cc1ccccc1N=C1S/C(=C/c2ccc(O)c(Br)c2)C(=O)N1C. The molecule has 0 spiro atoms. The topological polar surface area (TPSA) is 52.9 Å². The Bertz CT molecular complexity index is 877. The maximum absolute atomic E-state index is 12.4. The average Bonchev–Trinajstić information content (AvgIpc) is 2.81. The molecule has 6 heteroatoms. The summed E-state index contributed by atoms with van der Waals surface area (Å²) in [5.41, 5.74) is 2.75. The van der Waals surface area contributed by atoms with Crippen molar-refractivity contribution in [3.63, 3.8) is 0 Å². The van der Waals surface area contributed by atoms with Crippen molar-refractivity contribution in [1.29, 1.82) is 0 Å². The number of carbonyl (C=O) groups excluding carboxylic acids is 1. The predicted molar refractivity (Wildman–Crippen MR) is 102 cm³/mol. The molecule has 0 saturated carbocycles. The number of hydrogen-bond acceptors (Lipinski definition) is 4. The summed E-state index contributed by atoms with van der Waals surface area (Å²) in [6, 6.07) is 12.9. The molecule has 1 aliphatic rings. The maximum Gasteiger partial charge on any atom is 0.266 e. The maximum atomic E-state index is 12.4. The van der Waals surface area contributed by atoms with E-state index in [1.807, 2.05) is 31.2 Å². The van der Waals surface area contributed by atoms with Crippen LogP contribution >= 0.6 is 27.7 Å². The summed E-state index contributed by atoms with van der Waals surface area (Å²) in [5, 5.41) is 10.2. The van der Waals surface area contributed by atoms with Gasteiger partial charge in [0.25, 0.3) is 5.91 Å². The van der Waals surface area contributed by atoms with Gasteiger partial charge < -0.3 is 5.11 Å². The van der Waals surface area contributed by atoms with Gasteiger partial charge in [-0.15, -0.1) is 0 Å². The molecular formula is C18H15BrN2O2S.